The third-order valence-corrected chi connectivity index (χ3v) is 5.88. The average Bonchev–Trinajstić information content (AvgIpc) is 3.10. The van der Waals surface area contributed by atoms with E-state index in [0.29, 0.717) is 13.1 Å². The predicted octanol–water partition coefficient (Wildman–Crippen LogP) is 1.05. The van der Waals surface area contributed by atoms with Crippen molar-refractivity contribution in [2.75, 3.05) is 32.0 Å². The number of pyridine rings is 1. The lowest BCUT2D eigenvalue weighted by atomic mass is 10.2. The number of carboxylic acid groups (broad SMARTS) is 1. The highest BCUT2D eigenvalue weighted by Crippen LogP contribution is 2.22. The number of aromatic nitrogens is 1. The molecule has 1 atom stereocenters. The van der Waals surface area contributed by atoms with Crippen LogP contribution in [0.1, 0.15) is 19.8 Å². The van der Waals surface area contributed by atoms with Gasteiger partial charge in [0.05, 0.1) is 10.8 Å². The van der Waals surface area contributed by atoms with Crippen LogP contribution in [0.2, 0.25) is 0 Å². The molecule has 0 aromatic carbocycles. The van der Waals surface area contributed by atoms with Gasteiger partial charge in [-0.25, -0.2) is 18.2 Å². The molecule has 1 aliphatic heterocycles. The summed E-state index contributed by atoms with van der Waals surface area (Å²) in [5, 5.41) is 11.4. The number of hydrogen-bond donors (Lipinski definition) is 2. The van der Waals surface area contributed by atoms with E-state index >= 15 is 0 Å². The first-order valence-electron chi connectivity index (χ1n) is 7.93. The average molecular weight is 370 g/mol. The Bertz CT molecular complexity index is 746. The second-order valence-electron chi connectivity index (χ2n) is 6.04. The topological polar surface area (TPSA) is 120 Å². The zero-order valence-electron chi connectivity index (χ0n) is 14.2. The van der Waals surface area contributed by atoms with E-state index in [1.54, 1.807) is 0 Å². The fourth-order valence-corrected chi connectivity index (χ4v) is 4.02. The van der Waals surface area contributed by atoms with Crippen molar-refractivity contribution in [2.24, 2.45) is 5.92 Å². The summed E-state index contributed by atoms with van der Waals surface area (Å²) in [5.74, 6) is -1.62. The minimum atomic E-state index is -3.60. The molecule has 1 saturated heterocycles. The second-order valence-corrected chi connectivity index (χ2v) is 7.98. The molecule has 0 aliphatic carbocycles. The zero-order chi connectivity index (χ0) is 18.6. The molecule has 1 aromatic heterocycles. The summed E-state index contributed by atoms with van der Waals surface area (Å²) in [6, 6.07) is 2.14. The van der Waals surface area contributed by atoms with E-state index in [-0.39, 0.29) is 17.3 Å². The summed E-state index contributed by atoms with van der Waals surface area (Å²) in [7, 11) is -2.14. The van der Waals surface area contributed by atoms with E-state index in [9.17, 15) is 18.0 Å². The highest BCUT2D eigenvalue weighted by atomic mass is 32.2. The Morgan fingerprint density at radius 2 is 2.04 bits per heavy atom. The number of nitrogens with one attached hydrogen (secondary N) is 1. The third-order valence-electron chi connectivity index (χ3n) is 3.99. The van der Waals surface area contributed by atoms with Gasteiger partial charge in [-0.2, -0.15) is 4.31 Å². The van der Waals surface area contributed by atoms with E-state index in [2.05, 4.69) is 10.3 Å². The Kier molecular flexibility index (Phi) is 5.96. The van der Waals surface area contributed by atoms with Gasteiger partial charge < -0.3 is 10.0 Å². The van der Waals surface area contributed by atoms with Crippen LogP contribution in [-0.2, 0) is 14.8 Å². The molecule has 2 N–H and O–H groups in total. The van der Waals surface area contributed by atoms with Crippen LogP contribution < -0.4 is 5.32 Å². The lowest BCUT2D eigenvalue weighted by Crippen LogP contribution is -2.36. The van der Waals surface area contributed by atoms with Gasteiger partial charge in [0.15, 0.2) is 0 Å². The van der Waals surface area contributed by atoms with Gasteiger partial charge >= 0.3 is 12.0 Å². The summed E-state index contributed by atoms with van der Waals surface area (Å²) in [6.07, 6.45) is 2.99. The van der Waals surface area contributed by atoms with E-state index in [4.69, 9.17) is 5.11 Å². The Labute approximate surface area is 146 Å². The SMILES string of the molecule is CC(CN(C)C(=O)Nc1cc(S(=O)(=O)N2CCCC2)ccn1)C(=O)O. The zero-order valence-corrected chi connectivity index (χ0v) is 15.0. The Morgan fingerprint density at radius 1 is 1.40 bits per heavy atom. The van der Waals surface area contributed by atoms with Gasteiger partial charge in [-0.3, -0.25) is 10.1 Å². The minimum Gasteiger partial charge on any atom is -0.481 e. The fourth-order valence-electron chi connectivity index (χ4n) is 2.49. The number of urea groups is 1. The van der Waals surface area contributed by atoms with Gasteiger partial charge in [0.25, 0.3) is 0 Å². The van der Waals surface area contributed by atoms with Crippen LogP contribution in [0.5, 0.6) is 0 Å². The summed E-state index contributed by atoms with van der Waals surface area (Å²) in [4.78, 5) is 28.2. The van der Waals surface area contributed by atoms with Crippen LogP contribution in [0.4, 0.5) is 10.6 Å². The molecular formula is C15H22N4O5S. The monoisotopic (exact) mass is 370 g/mol. The molecule has 0 bridgehead atoms. The summed E-state index contributed by atoms with van der Waals surface area (Å²) < 4.78 is 26.5. The van der Waals surface area contributed by atoms with Crippen molar-refractivity contribution in [3.8, 4) is 0 Å². The Hall–Kier alpha value is -2.20. The third kappa shape index (κ3) is 4.67. The molecule has 2 amide bonds. The molecule has 0 saturated carbocycles. The van der Waals surface area contributed by atoms with Gasteiger partial charge in [-0.1, -0.05) is 6.92 Å². The Balaban J connectivity index is 2.08. The lowest BCUT2D eigenvalue weighted by molar-refractivity contribution is -0.141. The highest BCUT2D eigenvalue weighted by Gasteiger charge is 2.27. The van der Waals surface area contributed by atoms with Crippen LogP contribution in [0.15, 0.2) is 23.2 Å². The number of hydrogen-bond acceptors (Lipinski definition) is 5. The first kappa shape index (κ1) is 19.1. The number of rotatable bonds is 6. The minimum absolute atomic E-state index is 0.0208. The van der Waals surface area contributed by atoms with Gasteiger partial charge in [0.2, 0.25) is 10.0 Å². The van der Waals surface area contributed by atoms with Crippen LogP contribution in [0.3, 0.4) is 0 Å². The number of sulfonamides is 1. The van der Waals surface area contributed by atoms with Crippen molar-refractivity contribution in [3.63, 3.8) is 0 Å². The van der Waals surface area contributed by atoms with Gasteiger partial charge in [-0.05, 0) is 18.9 Å². The number of carbonyl (C=O) groups is 2. The molecule has 1 aliphatic rings. The van der Waals surface area contributed by atoms with Crippen molar-refractivity contribution >= 4 is 27.8 Å². The standard InChI is InChI=1S/C15H22N4O5S/c1-11(14(20)21)10-18(2)15(22)17-13-9-12(5-6-16-13)25(23,24)19-7-3-4-8-19/h5-6,9,11H,3-4,7-8,10H2,1-2H3,(H,20,21)(H,16,17,22). The number of carbonyl (C=O) groups excluding carboxylic acids is 1. The normalized spacial score (nSPS) is 16.4. The molecular weight excluding hydrogens is 348 g/mol. The maximum atomic E-state index is 12.5. The molecule has 0 radical (unpaired) electrons. The van der Waals surface area contributed by atoms with Crippen molar-refractivity contribution in [1.29, 1.82) is 0 Å². The van der Waals surface area contributed by atoms with Gasteiger partial charge in [0, 0.05) is 38.9 Å². The summed E-state index contributed by atoms with van der Waals surface area (Å²) in [6.45, 7) is 2.49. The lowest BCUT2D eigenvalue weighted by Gasteiger charge is -2.20. The Morgan fingerprint density at radius 3 is 2.64 bits per heavy atom. The van der Waals surface area contributed by atoms with Crippen LogP contribution in [0, 0.1) is 5.92 Å². The van der Waals surface area contributed by atoms with Gasteiger partial charge in [0.1, 0.15) is 5.82 Å². The van der Waals surface area contributed by atoms with Crippen molar-refractivity contribution < 1.29 is 23.1 Å². The fraction of sp³-hybridized carbons (Fsp3) is 0.533. The molecule has 138 valence electrons. The van der Waals surface area contributed by atoms with Crippen LogP contribution >= 0.6 is 0 Å². The first-order chi connectivity index (χ1) is 11.7. The maximum Gasteiger partial charge on any atom is 0.322 e. The van der Waals surface area contributed by atoms with Crippen molar-refractivity contribution in [3.05, 3.63) is 18.3 Å². The number of nitrogens with zero attached hydrogens (tertiary/aromatic N) is 3. The predicted molar refractivity (Wildman–Crippen MR) is 90.7 cm³/mol. The van der Waals surface area contributed by atoms with E-state index in [1.807, 2.05) is 0 Å². The van der Waals surface area contributed by atoms with E-state index in [1.165, 1.54) is 41.5 Å². The summed E-state index contributed by atoms with van der Waals surface area (Å²) >= 11 is 0. The molecule has 10 heteroatoms. The summed E-state index contributed by atoms with van der Waals surface area (Å²) in [5.41, 5.74) is 0. The smallest absolute Gasteiger partial charge is 0.322 e. The largest absolute Gasteiger partial charge is 0.481 e. The molecule has 0 spiro atoms. The molecule has 25 heavy (non-hydrogen) atoms. The van der Waals surface area contributed by atoms with Crippen molar-refractivity contribution in [2.45, 2.75) is 24.7 Å². The molecule has 2 rings (SSSR count). The first-order valence-corrected chi connectivity index (χ1v) is 9.37. The number of anilines is 1. The number of amides is 2. The van der Waals surface area contributed by atoms with Gasteiger partial charge in [-0.15, -0.1) is 0 Å². The molecule has 2 heterocycles. The van der Waals surface area contributed by atoms with Crippen LogP contribution in [-0.4, -0.2) is 66.4 Å². The van der Waals surface area contributed by atoms with Crippen molar-refractivity contribution in [1.82, 2.24) is 14.2 Å². The van der Waals surface area contributed by atoms with E-state index < -0.39 is 27.9 Å². The number of aliphatic carboxylic acids is 1. The molecule has 1 aromatic rings. The molecule has 9 nitrogen and oxygen atoms in total. The van der Waals surface area contributed by atoms with E-state index in [0.717, 1.165) is 12.8 Å². The second kappa shape index (κ2) is 7.79. The highest BCUT2D eigenvalue weighted by molar-refractivity contribution is 7.89. The van der Waals surface area contributed by atoms with Crippen LogP contribution in [0.25, 0.3) is 0 Å². The quantitative estimate of drug-likeness (QED) is 0.772. The number of carboxylic acids is 1. The maximum absolute atomic E-state index is 12.5. The molecule has 1 unspecified atom stereocenters. The molecule has 1 fully saturated rings.